The molecule has 1 aliphatic heterocycles. The number of likely N-dealkylation sites (tertiary alicyclic amines) is 1. The van der Waals surface area contributed by atoms with Gasteiger partial charge in [0.25, 0.3) is 0 Å². The summed E-state index contributed by atoms with van der Waals surface area (Å²) in [5, 5.41) is 2.71. The van der Waals surface area contributed by atoms with E-state index in [1.165, 1.54) is 0 Å². The van der Waals surface area contributed by atoms with Gasteiger partial charge in [-0.05, 0) is 25.0 Å². The number of amides is 2. The zero-order chi connectivity index (χ0) is 19.6. The molecule has 0 aliphatic carbocycles. The van der Waals surface area contributed by atoms with E-state index in [1.54, 1.807) is 0 Å². The summed E-state index contributed by atoms with van der Waals surface area (Å²) in [7, 11) is 1.83. The van der Waals surface area contributed by atoms with Crippen molar-refractivity contribution in [1.82, 2.24) is 19.8 Å². The molecular weight excluding hydrogens is 365 g/mol. The van der Waals surface area contributed by atoms with Gasteiger partial charge in [0.05, 0.1) is 17.6 Å². The zero-order valence-corrected chi connectivity index (χ0v) is 14.6. The summed E-state index contributed by atoms with van der Waals surface area (Å²) in [6, 6.07) is 6.66. The van der Waals surface area contributed by atoms with Crippen LogP contribution in [0.2, 0.25) is 0 Å². The summed E-state index contributed by atoms with van der Waals surface area (Å²) >= 11 is 0. The van der Waals surface area contributed by atoms with Crippen molar-refractivity contribution in [3.05, 3.63) is 30.1 Å². The average molecular weight is 384 g/mol. The van der Waals surface area contributed by atoms with E-state index in [4.69, 9.17) is 0 Å². The lowest BCUT2D eigenvalue weighted by Gasteiger charge is -2.23. The molecule has 2 aromatic rings. The quantitative estimate of drug-likeness (QED) is 0.878. The first-order valence-corrected chi connectivity index (χ1v) is 8.44. The Balaban J connectivity index is 1.61. The number of ether oxygens (including phenoxy) is 1. The number of fused-ring (bicyclic) bond motifs is 1. The van der Waals surface area contributed by atoms with Crippen LogP contribution in [0.25, 0.3) is 11.0 Å². The predicted molar refractivity (Wildman–Crippen MR) is 89.7 cm³/mol. The van der Waals surface area contributed by atoms with E-state index in [1.807, 2.05) is 35.9 Å². The van der Waals surface area contributed by atoms with Crippen LogP contribution in [0.5, 0.6) is 0 Å². The van der Waals surface area contributed by atoms with Crippen LogP contribution in [0.1, 0.15) is 18.7 Å². The van der Waals surface area contributed by atoms with Crippen molar-refractivity contribution in [2.75, 3.05) is 13.2 Å². The molecule has 0 radical (unpaired) electrons. The maximum atomic E-state index is 12.4. The van der Waals surface area contributed by atoms with Crippen LogP contribution in [-0.2, 0) is 23.1 Å². The third kappa shape index (κ3) is 4.32. The normalized spacial score (nSPS) is 17.3. The molecule has 1 aromatic carbocycles. The molecule has 3 rings (SSSR count). The number of carbonyl (C=O) groups is 2. The van der Waals surface area contributed by atoms with E-state index in [0.717, 1.165) is 15.9 Å². The van der Waals surface area contributed by atoms with Crippen LogP contribution in [0.15, 0.2) is 24.3 Å². The van der Waals surface area contributed by atoms with Gasteiger partial charge in [0.15, 0.2) is 6.61 Å². The van der Waals surface area contributed by atoms with Crippen molar-refractivity contribution in [3.8, 4) is 0 Å². The highest BCUT2D eigenvalue weighted by Gasteiger charge is 2.37. The summed E-state index contributed by atoms with van der Waals surface area (Å²) in [4.78, 5) is 29.8. The molecule has 1 atom stereocenters. The lowest BCUT2D eigenvalue weighted by molar-refractivity contribution is -0.162. The highest BCUT2D eigenvalue weighted by atomic mass is 19.4. The van der Waals surface area contributed by atoms with E-state index in [0.29, 0.717) is 18.7 Å². The van der Waals surface area contributed by atoms with Crippen molar-refractivity contribution in [3.63, 3.8) is 0 Å². The first kappa shape index (κ1) is 19.0. The molecule has 27 heavy (non-hydrogen) atoms. The molecular formula is C17H19F3N4O3. The molecule has 10 heteroatoms. The van der Waals surface area contributed by atoms with E-state index in [2.05, 4.69) is 15.0 Å². The number of carbonyl (C=O) groups excluding carboxylic acids is 2. The van der Waals surface area contributed by atoms with Gasteiger partial charge in [0.2, 0.25) is 5.91 Å². The minimum atomic E-state index is -4.60. The monoisotopic (exact) mass is 384 g/mol. The summed E-state index contributed by atoms with van der Waals surface area (Å²) in [6.45, 7) is -1.34. The lowest BCUT2D eigenvalue weighted by atomic mass is 10.2. The third-order valence-electron chi connectivity index (χ3n) is 4.45. The standard InChI is InChI=1S/C17H19F3N4O3/c1-23-12-6-3-2-5-11(12)22-14(23)9-21-15(25)13-7-4-8-24(13)16(26)27-10-17(18,19)20/h2-3,5-6,13H,4,7-10H2,1H3,(H,21,25). The Bertz CT molecular complexity index is 850. The fraction of sp³-hybridized carbons (Fsp3) is 0.471. The zero-order valence-electron chi connectivity index (χ0n) is 14.6. The number of halogens is 3. The number of aryl methyl sites for hydroxylation is 1. The lowest BCUT2D eigenvalue weighted by Crippen LogP contribution is -2.46. The number of nitrogens with one attached hydrogen (secondary N) is 1. The maximum absolute atomic E-state index is 12.4. The Kier molecular flexibility index (Phi) is 5.24. The van der Waals surface area contributed by atoms with E-state index < -0.39 is 30.8 Å². The number of hydrogen-bond acceptors (Lipinski definition) is 4. The maximum Gasteiger partial charge on any atom is 0.422 e. The molecule has 1 saturated heterocycles. The Morgan fingerprint density at radius 1 is 1.33 bits per heavy atom. The molecule has 0 spiro atoms. The first-order valence-electron chi connectivity index (χ1n) is 8.44. The number of imidazole rings is 1. The van der Waals surface area contributed by atoms with E-state index in [9.17, 15) is 22.8 Å². The van der Waals surface area contributed by atoms with Crippen LogP contribution in [-0.4, -0.2) is 51.8 Å². The van der Waals surface area contributed by atoms with Gasteiger partial charge in [0.1, 0.15) is 11.9 Å². The van der Waals surface area contributed by atoms with Crippen molar-refractivity contribution >= 4 is 23.0 Å². The fourth-order valence-corrected chi connectivity index (χ4v) is 3.12. The second-order valence-corrected chi connectivity index (χ2v) is 6.31. The second kappa shape index (κ2) is 7.45. The number of nitrogens with zero attached hydrogens (tertiary/aromatic N) is 3. The summed E-state index contributed by atoms with van der Waals surface area (Å²) in [5.41, 5.74) is 1.71. The summed E-state index contributed by atoms with van der Waals surface area (Å²) < 4.78 is 42.7. The predicted octanol–water partition coefficient (Wildman–Crippen LogP) is 2.35. The smallest absolute Gasteiger partial charge is 0.422 e. The van der Waals surface area contributed by atoms with Crippen LogP contribution in [0.3, 0.4) is 0 Å². The highest BCUT2D eigenvalue weighted by Crippen LogP contribution is 2.21. The second-order valence-electron chi connectivity index (χ2n) is 6.31. The van der Waals surface area contributed by atoms with Gasteiger partial charge in [-0.3, -0.25) is 9.69 Å². The number of aromatic nitrogens is 2. The number of alkyl halides is 3. The van der Waals surface area contributed by atoms with Crippen LogP contribution in [0.4, 0.5) is 18.0 Å². The Morgan fingerprint density at radius 3 is 2.78 bits per heavy atom. The van der Waals surface area contributed by atoms with Gasteiger partial charge in [0, 0.05) is 13.6 Å². The Hall–Kier alpha value is -2.78. The number of rotatable bonds is 4. The molecule has 146 valence electrons. The number of benzene rings is 1. The molecule has 2 heterocycles. The minimum Gasteiger partial charge on any atom is -0.440 e. The molecule has 1 unspecified atom stereocenters. The van der Waals surface area contributed by atoms with Crippen molar-refractivity contribution in [2.45, 2.75) is 31.6 Å². The number of hydrogen-bond donors (Lipinski definition) is 1. The van der Waals surface area contributed by atoms with Gasteiger partial charge in [-0.2, -0.15) is 13.2 Å². The molecule has 2 amide bonds. The molecule has 1 N–H and O–H groups in total. The van der Waals surface area contributed by atoms with Crippen LogP contribution < -0.4 is 5.32 Å². The van der Waals surface area contributed by atoms with Gasteiger partial charge < -0.3 is 14.6 Å². The Morgan fingerprint density at radius 2 is 2.07 bits per heavy atom. The molecule has 1 fully saturated rings. The van der Waals surface area contributed by atoms with Gasteiger partial charge in [-0.25, -0.2) is 9.78 Å². The SMILES string of the molecule is Cn1c(CNC(=O)C2CCCN2C(=O)OCC(F)(F)F)nc2ccccc21. The van der Waals surface area contributed by atoms with Crippen LogP contribution >= 0.6 is 0 Å². The van der Waals surface area contributed by atoms with Gasteiger partial charge >= 0.3 is 12.3 Å². The van der Waals surface area contributed by atoms with Gasteiger partial charge in [-0.15, -0.1) is 0 Å². The van der Waals surface area contributed by atoms with Crippen molar-refractivity contribution in [1.29, 1.82) is 0 Å². The number of para-hydroxylation sites is 2. The molecule has 1 aromatic heterocycles. The van der Waals surface area contributed by atoms with Crippen molar-refractivity contribution < 1.29 is 27.5 Å². The van der Waals surface area contributed by atoms with Gasteiger partial charge in [-0.1, -0.05) is 12.1 Å². The fourth-order valence-electron chi connectivity index (χ4n) is 3.12. The minimum absolute atomic E-state index is 0.145. The molecule has 7 nitrogen and oxygen atoms in total. The largest absolute Gasteiger partial charge is 0.440 e. The molecule has 0 bridgehead atoms. The third-order valence-corrected chi connectivity index (χ3v) is 4.45. The molecule has 1 aliphatic rings. The summed E-state index contributed by atoms with van der Waals surface area (Å²) in [6.07, 6.45) is -4.85. The highest BCUT2D eigenvalue weighted by molar-refractivity contribution is 5.86. The van der Waals surface area contributed by atoms with Crippen molar-refractivity contribution in [2.24, 2.45) is 7.05 Å². The van der Waals surface area contributed by atoms with Crippen LogP contribution in [0, 0.1) is 0 Å². The van der Waals surface area contributed by atoms with E-state index >= 15 is 0 Å². The summed E-state index contributed by atoms with van der Waals surface area (Å²) in [5.74, 6) is 0.192. The average Bonchev–Trinajstić information content (AvgIpc) is 3.23. The first-order chi connectivity index (χ1) is 12.8. The molecule has 0 saturated carbocycles. The topological polar surface area (TPSA) is 76.5 Å². The Labute approximate surface area is 153 Å². The van der Waals surface area contributed by atoms with E-state index in [-0.39, 0.29) is 13.1 Å².